The van der Waals surface area contributed by atoms with Gasteiger partial charge in [0, 0.05) is 24.6 Å². The SMILES string of the molecule is COc1ccc(NC(=O)CSc2nnc(CCc3nc4ccccc4s3)o2)cc1OC. The molecule has 160 valence electrons. The Bertz CT molecular complexity index is 1160. The van der Waals surface area contributed by atoms with Gasteiger partial charge in [0.25, 0.3) is 5.22 Å². The van der Waals surface area contributed by atoms with Gasteiger partial charge in [-0.15, -0.1) is 21.5 Å². The van der Waals surface area contributed by atoms with Gasteiger partial charge in [0.15, 0.2) is 11.5 Å². The predicted octanol–water partition coefficient (Wildman–Crippen LogP) is 4.21. The highest BCUT2D eigenvalue weighted by atomic mass is 32.2. The molecule has 4 aromatic rings. The van der Waals surface area contributed by atoms with Gasteiger partial charge in [0.2, 0.25) is 11.8 Å². The van der Waals surface area contributed by atoms with Crippen LogP contribution >= 0.6 is 23.1 Å². The van der Waals surface area contributed by atoms with Gasteiger partial charge >= 0.3 is 0 Å². The number of nitrogens with zero attached hydrogens (tertiary/aromatic N) is 3. The number of methoxy groups -OCH3 is 2. The van der Waals surface area contributed by atoms with Crippen molar-refractivity contribution in [2.24, 2.45) is 0 Å². The Balaban J connectivity index is 1.27. The van der Waals surface area contributed by atoms with Crippen LogP contribution in [-0.4, -0.2) is 41.1 Å². The van der Waals surface area contributed by atoms with E-state index in [-0.39, 0.29) is 11.7 Å². The van der Waals surface area contributed by atoms with Crippen LogP contribution in [0.15, 0.2) is 52.1 Å². The monoisotopic (exact) mass is 456 g/mol. The molecule has 8 nitrogen and oxygen atoms in total. The Hall–Kier alpha value is -3.11. The molecule has 1 N–H and O–H groups in total. The number of nitrogens with one attached hydrogen (secondary N) is 1. The van der Waals surface area contributed by atoms with Crippen molar-refractivity contribution in [3.05, 3.63) is 53.4 Å². The molecule has 0 bridgehead atoms. The van der Waals surface area contributed by atoms with E-state index < -0.39 is 0 Å². The first-order chi connectivity index (χ1) is 15.1. The molecule has 0 saturated carbocycles. The molecule has 0 fully saturated rings. The van der Waals surface area contributed by atoms with Gasteiger partial charge in [0.05, 0.1) is 35.2 Å². The number of carbonyl (C=O) groups excluding carboxylic acids is 1. The highest BCUT2D eigenvalue weighted by Crippen LogP contribution is 2.30. The molecule has 0 aliphatic heterocycles. The first-order valence-electron chi connectivity index (χ1n) is 9.46. The molecule has 1 amide bonds. The molecule has 0 atom stereocenters. The van der Waals surface area contributed by atoms with E-state index in [4.69, 9.17) is 13.9 Å². The molecule has 0 saturated heterocycles. The standard InChI is InChI=1S/C21H20N4O4S2/c1-27-15-8-7-13(11-16(15)28-2)22-18(26)12-30-21-25-24-19(29-21)9-10-20-23-14-5-3-4-6-17(14)31-20/h3-8,11H,9-10,12H2,1-2H3,(H,22,26). The summed E-state index contributed by atoms with van der Waals surface area (Å²) >= 11 is 2.86. The normalized spacial score (nSPS) is 10.9. The van der Waals surface area contributed by atoms with Crippen molar-refractivity contribution in [1.82, 2.24) is 15.2 Å². The first-order valence-corrected chi connectivity index (χ1v) is 11.3. The van der Waals surface area contributed by atoms with E-state index in [1.807, 2.05) is 18.2 Å². The quantitative estimate of drug-likeness (QED) is 0.374. The second kappa shape index (κ2) is 9.80. The second-order valence-electron chi connectivity index (χ2n) is 6.44. The third kappa shape index (κ3) is 5.33. The number of ether oxygens (including phenoxy) is 2. The minimum atomic E-state index is -0.188. The van der Waals surface area contributed by atoms with Crippen molar-refractivity contribution >= 4 is 44.9 Å². The number of para-hydroxylation sites is 1. The summed E-state index contributed by atoms with van der Waals surface area (Å²) in [6.07, 6.45) is 1.33. The Morgan fingerprint density at radius 3 is 2.74 bits per heavy atom. The Morgan fingerprint density at radius 1 is 1.10 bits per heavy atom. The molecule has 2 aromatic heterocycles. The van der Waals surface area contributed by atoms with Crippen LogP contribution in [0.25, 0.3) is 10.2 Å². The van der Waals surface area contributed by atoms with Crippen molar-refractivity contribution in [3.8, 4) is 11.5 Å². The number of benzene rings is 2. The van der Waals surface area contributed by atoms with E-state index in [2.05, 4.69) is 26.6 Å². The molecule has 0 aliphatic rings. The lowest BCUT2D eigenvalue weighted by molar-refractivity contribution is -0.113. The van der Waals surface area contributed by atoms with Gasteiger partial charge in [-0.1, -0.05) is 23.9 Å². The molecule has 10 heteroatoms. The van der Waals surface area contributed by atoms with Crippen molar-refractivity contribution in [2.45, 2.75) is 18.1 Å². The van der Waals surface area contributed by atoms with E-state index in [0.29, 0.717) is 34.7 Å². The van der Waals surface area contributed by atoms with Gasteiger partial charge in [-0.2, -0.15) is 0 Å². The molecule has 0 unspecified atom stereocenters. The molecule has 0 aliphatic carbocycles. The van der Waals surface area contributed by atoms with E-state index in [1.165, 1.54) is 16.5 Å². The van der Waals surface area contributed by atoms with Crippen LogP contribution in [0, 0.1) is 0 Å². The van der Waals surface area contributed by atoms with Crippen molar-refractivity contribution in [1.29, 1.82) is 0 Å². The van der Waals surface area contributed by atoms with Crippen LogP contribution in [-0.2, 0) is 17.6 Å². The zero-order valence-electron chi connectivity index (χ0n) is 17.0. The van der Waals surface area contributed by atoms with Gasteiger partial charge in [-0.3, -0.25) is 4.79 Å². The van der Waals surface area contributed by atoms with Crippen LogP contribution in [0.2, 0.25) is 0 Å². The molecule has 2 heterocycles. The number of thiazole rings is 1. The molecule has 0 spiro atoms. The zero-order chi connectivity index (χ0) is 21.6. The average Bonchev–Trinajstić information content (AvgIpc) is 3.42. The number of amides is 1. The number of anilines is 1. The molecule has 31 heavy (non-hydrogen) atoms. The van der Waals surface area contributed by atoms with Crippen LogP contribution < -0.4 is 14.8 Å². The smallest absolute Gasteiger partial charge is 0.277 e. The number of aromatic nitrogens is 3. The lowest BCUT2D eigenvalue weighted by Crippen LogP contribution is -2.14. The lowest BCUT2D eigenvalue weighted by atomic mass is 10.2. The summed E-state index contributed by atoms with van der Waals surface area (Å²) in [7, 11) is 3.10. The number of hydrogen-bond acceptors (Lipinski definition) is 9. The first kappa shape index (κ1) is 21.1. The summed E-state index contributed by atoms with van der Waals surface area (Å²) in [6.45, 7) is 0. The Labute approximate surface area is 187 Å². The van der Waals surface area contributed by atoms with Crippen molar-refractivity contribution in [2.75, 3.05) is 25.3 Å². The average molecular weight is 457 g/mol. The van der Waals surface area contributed by atoms with E-state index in [0.717, 1.165) is 16.9 Å². The summed E-state index contributed by atoms with van der Waals surface area (Å²) in [4.78, 5) is 16.9. The van der Waals surface area contributed by atoms with Gasteiger partial charge < -0.3 is 19.2 Å². The fraction of sp³-hybridized carbons (Fsp3) is 0.238. The highest BCUT2D eigenvalue weighted by molar-refractivity contribution is 7.99. The topological polar surface area (TPSA) is 99.4 Å². The minimum Gasteiger partial charge on any atom is -0.493 e. The van der Waals surface area contributed by atoms with Crippen molar-refractivity contribution in [3.63, 3.8) is 0 Å². The van der Waals surface area contributed by atoms with Gasteiger partial charge in [-0.25, -0.2) is 4.98 Å². The molecule has 2 aromatic carbocycles. The number of aryl methyl sites for hydroxylation is 2. The minimum absolute atomic E-state index is 0.147. The van der Waals surface area contributed by atoms with E-state index in [9.17, 15) is 4.79 Å². The number of rotatable bonds is 9. The number of thioether (sulfide) groups is 1. The van der Waals surface area contributed by atoms with E-state index >= 15 is 0 Å². The molecule has 4 rings (SSSR count). The Morgan fingerprint density at radius 2 is 1.94 bits per heavy atom. The maximum absolute atomic E-state index is 12.2. The maximum Gasteiger partial charge on any atom is 0.277 e. The lowest BCUT2D eigenvalue weighted by Gasteiger charge is -2.10. The summed E-state index contributed by atoms with van der Waals surface area (Å²) in [5, 5.41) is 12.3. The van der Waals surface area contributed by atoms with Crippen LogP contribution in [0.5, 0.6) is 11.5 Å². The van der Waals surface area contributed by atoms with Crippen LogP contribution in [0.4, 0.5) is 5.69 Å². The van der Waals surface area contributed by atoms with Crippen LogP contribution in [0.3, 0.4) is 0 Å². The summed E-state index contributed by atoms with van der Waals surface area (Å²) in [5.41, 5.74) is 1.62. The molecular formula is C21H20N4O4S2. The second-order valence-corrected chi connectivity index (χ2v) is 8.49. The maximum atomic E-state index is 12.2. The number of fused-ring (bicyclic) bond motifs is 1. The molecule has 0 radical (unpaired) electrons. The fourth-order valence-corrected chi connectivity index (χ4v) is 4.42. The number of hydrogen-bond donors (Lipinski definition) is 1. The largest absolute Gasteiger partial charge is 0.493 e. The van der Waals surface area contributed by atoms with Gasteiger partial charge in [-0.05, 0) is 24.3 Å². The van der Waals surface area contributed by atoms with Gasteiger partial charge in [0.1, 0.15) is 0 Å². The summed E-state index contributed by atoms with van der Waals surface area (Å²) < 4.78 is 17.3. The number of carbonyl (C=O) groups is 1. The highest BCUT2D eigenvalue weighted by Gasteiger charge is 2.12. The van der Waals surface area contributed by atoms with Crippen LogP contribution in [0.1, 0.15) is 10.9 Å². The van der Waals surface area contributed by atoms with Crippen molar-refractivity contribution < 1.29 is 18.7 Å². The molecular weight excluding hydrogens is 436 g/mol. The summed E-state index contributed by atoms with van der Waals surface area (Å²) in [5.74, 6) is 1.63. The predicted molar refractivity (Wildman–Crippen MR) is 120 cm³/mol. The Kier molecular flexibility index (Phi) is 6.68. The third-order valence-corrected chi connectivity index (χ3v) is 6.25. The fourth-order valence-electron chi connectivity index (χ4n) is 2.88. The third-order valence-electron chi connectivity index (χ3n) is 4.33. The summed E-state index contributed by atoms with van der Waals surface area (Å²) in [6, 6.07) is 13.2. The van der Waals surface area contributed by atoms with E-state index in [1.54, 1.807) is 43.8 Å². The zero-order valence-corrected chi connectivity index (χ0v) is 18.6.